The monoisotopic (exact) mass is 333 g/mol. The fourth-order valence-corrected chi connectivity index (χ4v) is 4.65. The van der Waals surface area contributed by atoms with E-state index < -0.39 is 10.0 Å². The number of anilines is 1. The van der Waals surface area contributed by atoms with E-state index in [9.17, 15) is 8.42 Å². The standard InChI is InChI=1S/C13H23N3O3S2/c1-3-6-14-10(2)12-9-20-13(15-12)16-21(17,18)11-4-7-19-8-5-11/h9-11,14H,3-8H2,1-2H3,(H,15,16). The van der Waals surface area contributed by atoms with Crippen LogP contribution in [0.5, 0.6) is 0 Å². The highest BCUT2D eigenvalue weighted by Gasteiger charge is 2.28. The number of ether oxygens (including phenoxy) is 1. The topological polar surface area (TPSA) is 80.3 Å². The van der Waals surface area contributed by atoms with Crippen LogP contribution in [-0.2, 0) is 14.8 Å². The van der Waals surface area contributed by atoms with E-state index in [4.69, 9.17) is 4.74 Å². The average molecular weight is 333 g/mol. The first kappa shape index (κ1) is 16.7. The van der Waals surface area contributed by atoms with Crippen LogP contribution >= 0.6 is 11.3 Å². The molecule has 0 radical (unpaired) electrons. The molecule has 1 aliphatic rings. The second kappa shape index (κ2) is 7.53. The fraction of sp³-hybridized carbons (Fsp3) is 0.769. The van der Waals surface area contributed by atoms with E-state index in [-0.39, 0.29) is 11.3 Å². The van der Waals surface area contributed by atoms with Crippen molar-refractivity contribution in [1.29, 1.82) is 0 Å². The predicted octanol–water partition coefficient (Wildman–Crippen LogP) is 2.12. The Labute approximate surface area is 130 Å². The molecule has 120 valence electrons. The molecule has 1 fully saturated rings. The number of nitrogens with zero attached hydrogens (tertiary/aromatic N) is 1. The number of sulfonamides is 1. The summed E-state index contributed by atoms with van der Waals surface area (Å²) in [6, 6.07) is 0.127. The zero-order valence-corrected chi connectivity index (χ0v) is 14.1. The Balaban J connectivity index is 1.98. The molecular weight excluding hydrogens is 310 g/mol. The maximum Gasteiger partial charge on any atom is 0.237 e. The minimum atomic E-state index is -3.37. The first-order chi connectivity index (χ1) is 10.0. The van der Waals surface area contributed by atoms with Gasteiger partial charge in [0.25, 0.3) is 0 Å². The molecule has 1 saturated heterocycles. The summed E-state index contributed by atoms with van der Waals surface area (Å²) in [4.78, 5) is 4.38. The average Bonchev–Trinajstić information content (AvgIpc) is 2.93. The summed E-state index contributed by atoms with van der Waals surface area (Å²) in [7, 11) is -3.37. The van der Waals surface area contributed by atoms with Crippen molar-refractivity contribution in [2.24, 2.45) is 0 Å². The van der Waals surface area contributed by atoms with Gasteiger partial charge in [-0.3, -0.25) is 4.72 Å². The Kier molecular flexibility index (Phi) is 5.98. The maximum atomic E-state index is 12.3. The van der Waals surface area contributed by atoms with E-state index in [1.165, 1.54) is 11.3 Å². The highest BCUT2D eigenvalue weighted by molar-refractivity contribution is 7.93. The molecule has 0 saturated carbocycles. The van der Waals surface area contributed by atoms with Crippen molar-refractivity contribution in [3.63, 3.8) is 0 Å². The SMILES string of the molecule is CCCNC(C)c1csc(NS(=O)(=O)C2CCOCC2)n1. The smallest absolute Gasteiger partial charge is 0.237 e. The van der Waals surface area contributed by atoms with E-state index in [0.29, 0.717) is 31.2 Å². The molecule has 1 atom stereocenters. The van der Waals surface area contributed by atoms with Crippen molar-refractivity contribution in [3.8, 4) is 0 Å². The number of hydrogen-bond acceptors (Lipinski definition) is 6. The normalized spacial score (nSPS) is 18.6. The van der Waals surface area contributed by atoms with Gasteiger partial charge < -0.3 is 10.1 Å². The zero-order valence-electron chi connectivity index (χ0n) is 12.5. The van der Waals surface area contributed by atoms with Gasteiger partial charge in [-0.1, -0.05) is 6.92 Å². The lowest BCUT2D eigenvalue weighted by Gasteiger charge is -2.21. The summed E-state index contributed by atoms with van der Waals surface area (Å²) < 4.78 is 32.4. The third kappa shape index (κ3) is 4.64. The number of thiazole rings is 1. The maximum absolute atomic E-state index is 12.3. The second-order valence-corrected chi connectivity index (χ2v) is 8.03. The van der Waals surface area contributed by atoms with Crippen molar-refractivity contribution < 1.29 is 13.2 Å². The van der Waals surface area contributed by atoms with E-state index in [2.05, 4.69) is 21.9 Å². The van der Waals surface area contributed by atoms with Gasteiger partial charge in [-0.15, -0.1) is 11.3 Å². The summed E-state index contributed by atoms with van der Waals surface area (Å²) in [5.41, 5.74) is 0.873. The van der Waals surface area contributed by atoms with Crippen LogP contribution in [0, 0.1) is 0 Å². The van der Waals surface area contributed by atoms with Crippen LogP contribution < -0.4 is 10.0 Å². The molecule has 2 N–H and O–H groups in total. The minimum Gasteiger partial charge on any atom is -0.381 e. The lowest BCUT2D eigenvalue weighted by atomic mass is 10.2. The summed E-state index contributed by atoms with van der Waals surface area (Å²) >= 11 is 1.33. The number of rotatable bonds is 7. The Morgan fingerprint density at radius 1 is 1.48 bits per heavy atom. The number of hydrogen-bond donors (Lipinski definition) is 2. The molecule has 8 heteroatoms. The van der Waals surface area contributed by atoms with Crippen molar-refractivity contribution in [2.45, 2.75) is 44.4 Å². The molecule has 21 heavy (non-hydrogen) atoms. The molecule has 1 aromatic heterocycles. The first-order valence-corrected chi connectivity index (χ1v) is 9.73. The molecule has 1 aliphatic heterocycles. The van der Waals surface area contributed by atoms with Gasteiger partial charge in [-0.2, -0.15) is 0 Å². The third-order valence-corrected chi connectivity index (χ3v) is 6.23. The van der Waals surface area contributed by atoms with E-state index in [0.717, 1.165) is 18.7 Å². The molecule has 0 aliphatic carbocycles. The summed E-state index contributed by atoms with van der Waals surface area (Å²) in [5.74, 6) is 0. The van der Waals surface area contributed by atoms with E-state index in [1.807, 2.05) is 12.3 Å². The van der Waals surface area contributed by atoms with Crippen LogP contribution in [0.15, 0.2) is 5.38 Å². The molecule has 0 bridgehead atoms. The van der Waals surface area contributed by atoms with Gasteiger partial charge in [0, 0.05) is 24.6 Å². The summed E-state index contributed by atoms with van der Waals surface area (Å²) in [5, 5.41) is 5.30. The number of nitrogens with one attached hydrogen (secondary N) is 2. The van der Waals surface area contributed by atoms with Crippen molar-refractivity contribution >= 4 is 26.5 Å². The molecule has 0 spiro atoms. The third-order valence-electron chi connectivity index (χ3n) is 3.50. The Morgan fingerprint density at radius 3 is 2.86 bits per heavy atom. The van der Waals surface area contributed by atoms with Gasteiger partial charge in [-0.25, -0.2) is 13.4 Å². The number of aromatic nitrogens is 1. The van der Waals surface area contributed by atoms with Crippen molar-refractivity contribution in [3.05, 3.63) is 11.1 Å². The first-order valence-electron chi connectivity index (χ1n) is 7.31. The van der Waals surface area contributed by atoms with Crippen molar-refractivity contribution in [1.82, 2.24) is 10.3 Å². The Hall–Kier alpha value is -0.700. The second-order valence-electron chi connectivity index (χ2n) is 5.21. The molecule has 1 aromatic rings. The van der Waals surface area contributed by atoms with Crippen LogP contribution in [0.1, 0.15) is 44.8 Å². The van der Waals surface area contributed by atoms with Gasteiger partial charge >= 0.3 is 0 Å². The molecule has 0 amide bonds. The van der Waals surface area contributed by atoms with Crippen molar-refractivity contribution in [2.75, 3.05) is 24.5 Å². The Morgan fingerprint density at radius 2 is 2.19 bits per heavy atom. The van der Waals surface area contributed by atoms with Gasteiger partial charge in [0.1, 0.15) is 0 Å². The van der Waals surface area contributed by atoms with Crippen LogP contribution in [0.4, 0.5) is 5.13 Å². The zero-order chi connectivity index (χ0) is 15.3. The van der Waals surface area contributed by atoms with Gasteiger partial charge in [0.15, 0.2) is 5.13 Å². The van der Waals surface area contributed by atoms with Crippen LogP contribution in [0.2, 0.25) is 0 Å². The largest absolute Gasteiger partial charge is 0.381 e. The molecule has 0 aromatic carbocycles. The van der Waals surface area contributed by atoms with Gasteiger partial charge in [0.2, 0.25) is 10.0 Å². The van der Waals surface area contributed by atoms with Crippen LogP contribution in [0.25, 0.3) is 0 Å². The quantitative estimate of drug-likeness (QED) is 0.799. The molecule has 1 unspecified atom stereocenters. The summed E-state index contributed by atoms with van der Waals surface area (Å²) in [6.45, 7) is 6.07. The van der Waals surface area contributed by atoms with E-state index >= 15 is 0 Å². The fourth-order valence-electron chi connectivity index (χ4n) is 2.19. The lowest BCUT2D eigenvalue weighted by Crippen LogP contribution is -2.33. The molecule has 6 nitrogen and oxygen atoms in total. The van der Waals surface area contributed by atoms with Gasteiger partial charge in [0.05, 0.1) is 10.9 Å². The van der Waals surface area contributed by atoms with E-state index in [1.54, 1.807) is 0 Å². The summed E-state index contributed by atoms with van der Waals surface area (Å²) in [6.07, 6.45) is 2.14. The molecule has 2 heterocycles. The molecular formula is C13H23N3O3S2. The highest BCUT2D eigenvalue weighted by atomic mass is 32.2. The van der Waals surface area contributed by atoms with Crippen LogP contribution in [-0.4, -0.2) is 38.4 Å². The highest BCUT2D eigenvalue weighted by Crippen LogP contribution is 2.24. The lowest BCUT2D eigenvalue weighted by molar-refractivity contribution is 0.0984. The Bertz CT molecular complexity index is 539. The van der Waals surface area contributed by atoms with Gasteiger partial charge in [-0.05, 0) is 32.7 Å². The predicted molar refractivity (Wildman–Crippen MR) is 85.2 cm³/mol. The minimum absolute atomic E-state index is 0.127. The van der Waals surface area contributed by atoms with Crippen LogP contribution in [0.3, 0.4) is 0 Å². The molecule has 2 rings (SSSR count).